The summed E-state index contributed by atoms with van der Waals surface area (Å²) in [6.45, 7) is 3.84. The van der Waals surface area contributed by atoms with E-state index >= 15 is 0 Å². The summed E-state index contributed by atoms with van der Waals surface area (Å²) in [5, 5.41) is -0.437. The normalized spacial score (nSPS) is 17.1. The highest BCUT2D eigenvalue weighted by Crippen LogP contribution is 2.38. The number of halogens is 1. The largest absolute Gasteiger partial charge is 0.490 e. The van der Waals surface area contributed by atoms with Crippen molar-refractivity contribution in [1.29, 1.82) is 0 Å². The zero-order valence-electron chi connectivity index (χ0n) is 18.8. The second kappa shape index (κ2) is 11.1. The summed E-state index contributed by atoms with van der Waals surface area (Å²) >= 11 is 4.38. The summed E-state index contributed by atoms with van der Waals surface area (Å²) < 4.78 is 12.4. The summed E-state index contributed by atoms with van der Waals surface area (Å²) in [5.41, 5.74) is 1.70. The standard InChI is InChI=1S/C25H25BrN2O5S/c1-2-32-20-12-18(19(26)14-21(20)33-16-17-8-4-3-5-9-17)13-22-24(30)28(25(31)34-22)15-23(29)27-10-6-7-11-27/h3-5,8-9,12-14H,2,6-7,10-11,15-16H2,1H3/b22-13+. The highest BCUT2D eigenvalue weighted by atomic mass is 79.9. The molecule has 2 aliphatic rings. The average molecular weight is 545 g/mol. The molecule has 0 bridgehead atoms. The molecule has 2 aromatic rings. The Kier molecular flexibility index (Phi) is 7.95. The van der Waals surface area contributed by atoms with Gasteiger partial charge in [-0.1, -0.05) is 46.3 Å². The molecule has 3 amide bonds. The van der Waals surface area contributed by atoms with E-state index in [-0.39, 0.29) is 17.4 Å². The lowest BCUT2D eigenvalue weighted by Gasteiger charge is -2.18. The number of amides is 3. The van der Waals surface area contributed by atoms with Crippen molar-refractivity contribution in [3.8, 4) is 11.5 Å². The third kappa shape index (κ3) is 5.64. The van der Waals surface area contributed by atoms with Crippen LogP contribution in [0.3, 0.4) is 0 Å². The Morgan fingerprint density at radius 1 is 1.09 bits per heavy atom. The van der Waals surface area contributed by atoms with Gasteiger partial charge in [0, 0.05) is 17.6 Å². The predicted octanol–water partition coefficient (Wildman–Crippen LogP) is 5.09. The monoisotopic (exact) mass is 544 g/mol. The molecule has 0 N–H and O–H groups in total. The topological polar surface area (TPSA) is 76.2 Å². The van der Waals surface area contributed by atoms with Gasteiger partial charge >= 0.3 is 0 Å². The Bertz CT molecular complexity index is 1120. The Balaban J connectivity index is 1.52. The Morgan fingerprint density at radius 2 is 1.79 bits per heavy atom. The van der Waals surface area contributed by atoms with E-state index in [1.165, 1.54) is 0 Å². The fraction of sp³-hybridized carbons (Fsp3) is 0.320. The molecule has 2 fully saturated rings. The number of ether oxygens (including phenoxy) is 2. The number of nitrogens with zero attached hydrogens (tertiary/aromatic N) is 2. The molecule has 7 nitrogen and oxygen atoms in total. The minimum absolute atomic E-state index is 0.194. The molecule has 0 atom stereocenters. The first-order chi connectivity index (χ1) is 16.5. The lowest BCUT2D eigenvalue weighted by molar-refractivity contribution is -0.135. The molecule has 0 unspecified atom stereocenters. The number of likely N-dealkylation sites (tertiary alicyclic amines) is 1. The summed E-state index contributed by atoms with van der Waals surface area (Å²) in [5.74, 6) is 0.452. The molecular weight excluding hydrogens is 520 g/mol. The number of carbonyl (C=O) groups is 3. The van der Waals surface area contributed by atoms with Gasteiger partial charge in [0.25, 0.3) is 11.1 Å². The number of imide groups is 1. The number of hydrogen-bond acceptors (Lipinski definition) is 6. The molecule has 0 saturated carbocycles. The SMILES string of the molecule is CCOc1cc(/C=C2/SC(=O)N(CC(=O)N3CCCC3)C2=O)c(Br)cc1OCc1ccccc1. The number of carbonyl (C=O) groups excluding carboxylic acids is 3. The fourth-order valence-corrected chi connectivity index (χ4v) is 5.02. The van der Waals surface area contributed by atoms with Gasteiger partial charge in [0.1, 0.15) is 13.2 Å². The van der Waals surface area contributed by atoms with E-state index in [1.54, 1.807) is 23.1 Å². The van der Waals surface area contributed by atoms with Crippen molar-refractivity contribution in [2.45, 2.75) is 26.4 Å². The van der Waals surface area contributed by atoms with Crippen molar-refractivity contribution in [3.05, 3.63) is 63.0 Å². The van der Waals surface area contributed by atoms with Gasteiger partial charge in [-0.15, -0.1) is 0 Å². The highest BCUT2D eigenvalue weighted by molar-refractivity contribution is 9.10. The van der Waals surface area contributed by atoms with Crippen molar-refractivity contribution >= 4 is 50.8 Å². The highest BCUT2D eigenvalue weighted by Gasteiger charge is 2.37. The van der Waals surface area contributed by atoms with Gasteiger partial charge in [-0.25, -0.2) is 0 Å². The Labute approximate surface area is 211 Å². The average Bonchev–Trinajstić information content (AvgIpc) is 3.46. The zero-order valence-corrected chi connectivity index (χ0v) is 21.2. The second-order valence-electron chi connectivity index (χ2n) is 7.88. The summed E-state index contributed by atoms with van der Waals surface area (Å²) in [4.78, 5) is 40.8. The van der Waals surface area contributed by atoms with Crippen LogP contribution >= 0.6 is 27.7 Å². The van der Waals surface area contributed by atoms with Crippen LogP contribution in [0.2, 0.25) is 0 Å². The van der Waals surface area contributed by atoms with Crippen LogP contribution in [0.5, 0.6) is 11.5 Å². The van der Waals surface area contributed by atoms with Crippen molar-refractivity contribution in [3.63, 3.8) is 0 Å². The first-order valence-electron chi connectivity index (χ1n) is 11.1. The third-order valence-corrected chi connectivity index (χ3v) is 7.11. The zero-order chi connectivity index (χ0) is 24.1. The molecule has 2 heterocycles. The molecule has 34 heavy (non-hydrogen) atoms. The van der Waals surface area contributed by atoms with Crippen LogP contribution < -0.4 is 9.47 Å². The van der Waals surface area contributed by atoms with Crippen LogP contribution in [0, 0.1) is 0 Å². The van der Waals surface area contributed by atoms with Gasteiger partial charge < -0.3 is 14.4 Å². The molecule has 2 aliphatic heterocycles. The second-order valence-corrected chi connectivity index (χ2v) is 9.73. The van der Waals surface area contributed by atoms with Crippen molar-refractivity contribution in [2.24, 2.45) is 0 Å². The molecule has 2 saturated heterocycles. The first-order valence-corrected chi connectivity index (χ1v) is 12.7. The van der Waals surface area contributed by atoms with E-state index in [0.29, 0.717) is 47.8 Å². The van der Waals surface area contributed by atoms with Crippen LogP contribution in [0.4, 0.5) is 4.79 Å². The lowest BCUT2D eigenvalue weighted by atomic mass is 10.1. The molecule has 0 radical (unpaired) electrons. The lowest BCUT2D eigenvalue weighted by Crippen LogP contribution is -2.40. The maximum atomic E-state index is 12.9. The number of hydrogen-bond donors (Lipinski definition) is 0. The molecule has 2 aromatic carbocycles. The van der Waals surface area contributed by atoms with E-state index in [4.69, 9.17) is 9.47 Å². The number of rotatable bonds is 8. The van der Waals surface area contributed by atoms with Crippen molar-refractivity contribution in [1.82, 2.24) is 9.80 Å². The maximum absolute atomic E-state index is 12.9. The first kappa shape index (κ1) is 24.3. The van der Waals surface area contributed by atoms with E-state index in [0.717, 1.165) is 35.1 Å². The van der Waals surface area contributed by atoms with Crippen molar-refractivity contribution < 1.29 is 23.9 Å². The van der Waals surface area contributed by atoms with Crippen molar-refractivity contribution in [2.75, 3.05) is 26.2 Å². The van der Waals surface area contributed by atoms with Gasteiger partial charge in [0.15, 0.2) is 11.5 Å². The number of thioether (sulfide) groups is 1. The molecular formula is C25H25BrN2O5S. The minimum atomic E-state index is -0.461. The quantitative estimate of drug-likeness (QED) is 0.431. The van der Waals surface area contributed by atoms with Crippen LogP contribution in [-0.2, 0) is 16.2 Å². The van der Waals surface area contributed by atoms with E-state index in [9.17, 15) is 14.4 Å². The van der Waals surface area contributed by atoms with E-state index in [1.807, 2.05) is 37.3 Å². The van der Waals surface area contributed by atoms with E-state index < -0.39 is 11.1 Å². The number of benzene rings is 2. The smallest absolute Gasteiger partial charge is 0.294 e. The molecule has 9 heteroatoms. The van der Waals surface area contributed by atoms with Crippen LogP contribution in [-0.4, -0.2) is 53.1 Å². The van der Waals surface area contributed by atoms with Crippen LogP contribution in [0.15, 0.2) is 51.8 Å². The summed E-state index contributed by atoms with van der Waals surface area (Å²) in [6.07, 6.45) is 3.54. The third-order valence-electron chi connectivity index (χ3n) is 5.51. The molecule has 4 rings (SSSR count). The van der Waals surface area contributed by atoms with Gasteiger partial charge in [-0.05, 0) is 60.9 Å². The summed E-state index contributed by atoms with van der Waals surface area (Å²) in [7, 11) is 0. The van der Waals surface area contributed by atoms with Gasteiger partial charge in [0.2, 0.25) is 5.91 Å². The minimum Gasteiger partial charge on any atom is -0.490 e. The Hall–Kier alpha value is -2.78. The van der Waals surface area contributed by atoms with Gasteiger partial charge in [-0.3, -0.25) is 19.3 Å². The maximum Gasteiger partial charge on any atom is 0.294 e. The molecule has 0 aliphatic carbocycles. The Morgan fingerprint density at radius 3 is 2.50 bits per heavy atom. The summed E-state index contributed by atoms with van der Waals surface area (Å²) in [6, 6.07) is 13.4. The van der Waals surface area contributed by atoms with Crippen LogP contribution in [0.25, 0.3) is 6.08 Å². The fourth-order valence-electron chi connectivity index (χ4n) is 3.76. The van der Waals surface area contributed by atoms with E-state index in [2.05, 4.69) is 15.9 Å². The van der Waals surface area contributed by atoms with Gasteiger partial charge in [0.05, 0.1) is 11.5 Å². The molecule has 0 spiro atoms. The predicted molar refractivity (Wildman–Crippen MR) is 135 cm³/mol. The molecule has 178 valence electrons. The van der Waals surface area contributed by atoms with Crippen LogP contribution in [0.1, 0.15) is 30.9 Å². The van der Waals surface area contributed by atoms with Gasteiger partial charge in [-0.2, -0.15) is 0 Å². The molecule has 0 aromatic heterocycles.